The van der Waals surface area contributed by atoms with Crippen molar-refractivity contribution >= 4 is 27.6 Å². The molecule has 0 atom stereocenters. The normalized spacial score (nSPS) is 10.3. The number of carbonyl (C=O) groups is 1. The molecule has 0 aliphatic rings. The van der Waals surface area contributed by atoms with E-state index in [2.05, 4.69) is 26.6 Å². The average Bonchev–Trinajstić information content (AvgIpc) is 2.38. The van der Waals surface area contributed by atoms with Crippen LogP contribution in [-0.2, 0) is 4.74 Å². The predicted molar refractivity (Wildman–Crippen MR) is 78.4 cm³/mol. The first-order valence-corrected chi connectivity index (χ1v) is 6.92. The van der Waals surface area contributed by atoms with Gasteiger partial charge in [-0.25, -0.2) is 4.79 Å². The number of anilines is 1. The molecule has 0 saturated carbocycles. The summed E-state index contributed by atoms with van der Waals surface area (Å²) in [5.41, 5.74) is 1.86. The van der Waals surface area contributed by atoms with E-state index in [4.69, 9.17) is 9.84 Å². The molecular formula is C13H19BrN2O3. The highest BCUT2D eigenvalue weighted by Gasteiger charge is 2.02. The highest BCUT2D eigenvalue weighted by Crippen LogP contribution is 2.20. The number of aryl methyl sites for hydroxylation is 1. The highest BCUT2D eigenvalue weighted by molar-refractivity contribution is 9.10. The van der Waals surface area contributed by atoms with Gasteiger partial charge in [0.2, 0.25) is 0 Å². The molecule has 19 heavy (non-hydrogen) atoms. The Morgan fingerprint density at radius 1 is 1.42 bits per heavy atom. The zero-order chi connectivity index (χ0) is 14.1. The molecule has 0 spiro atoms. The van der Waals surface area contributed by atoms with Gasteiger partial charge >= 0.3 is 6.03 Å². The monoisotopic (exact) mass is 330 g/mol. The van der Waals surface area contributed by atoms with E-state index in [0.29, 0.717) is 26.2 Å². The van der Waals surface area contributed by atoms with Gasteiger partial charge in [0.05, 0.1) is 13.2 Å². The molecule has 3 N–H and O–H groups in total. The Kier molecular flexibility index (Phi) is 7.47. The molecule has 1 rings (SSSR count). The summed E-state index contributed by atoms with van der Waals surface area (Å²) >= 11 is 3.42. The Bertz CT molecular complexity index is 413. The topological polar surface area (TPSA) is 70.6 Å². The molecule has 106 valence electrons. The van der Waals surface area contributed by atoms with Gasteiger partial charge in [0.1, 0.15) is 0 Å². The minimum Gasteiger partial charge on any atom is -0.394 e. The number of ether oxygens (including phenoxy) is 1. The molecule has 0 bridgehead atoms. The van der Waals surface area contributed by atoms with Gasteiger partial charge in [-0.1, -0.05) is 22.0 Å². The molecule has 0 saturated heterocycles. The lowest BCUT2D eigenvalue weighted by Gasteiger charge is -2.09. The van der Waals surface area contributed by atoms with Crippen LogP contribution in [0.1, 0.15) is 12.0 Å². The van der Waals surface area contributed by atoms with Crippen molar-refractivity contribution in [3.05, 3.63) is 28.2 Å². The zero-order valence-corrected chi connectivity index (χ0v) is 12.5. The van der Waals surface area contributed by atoms with Crippen LogP contribution in [0.2, 0.25) is 0 Å². The first-order chi connectivity index (χ1) is 9.13. The molecule has 1 aromatic carbocycles. The molecule has 0 aliphatic heterocycles. The van der Waals surface area contributed by atoms with E-state index in [0.717, 1.165) is 15.7 Å². The summed E-state index contributed by atoms with van der Waals surface area (Å²) in [7, 11) is 0. The van der Waals surface area contributed by atoms with Crippen molar-refractivity contribution in [1.29, 1.82) is 0 Å². The predicted octanol–water partition coefficient (Wildman–Crippen LogP) is 2.28. The summed E-state index contributed by atoms with van der Waals surface area (Å²) in [6, 6.07) is 5.41. The van der Waals surface area contributed by atoms with E-state index >= 15 is 0 Å². The Hall–Kier alpha value is -1.11. The minimum atomic E-state index is -0.238. The lowest BCUT2D eigenvalue weighted by atomic mass is 10.2. The van der Waals surface area contributed by atoms with Crippen molar-refractivity contribution in [2.75, 3.05) is 31.7 Å². The Morgan fingerprint density at radius 2 is 2.21 bits per heavy atom. The maximum atomic E-state index is 11.6. The van der Waals surface area contributed by atoms with Crippen molar-refractivity contribution in [1.82, 2.24) is 5.32 Å². The van der Waals surface area contributed by atoms with Crippen LogP contribution in [0.15, 0.2) is 22.7 Å². The second-order valence-electron chi connectivity index (χ2n) is 4.03. The van der Waals surface area contributed by atoms with E-state index in [-0.39, 0.29) is 12.6 Å². The number of aliphatic hydroxyl groups is 1. The first-order valence-electron chi connectivity index (χ1n) is 6.13. The van der Waals surface area contributed by atoms with Crippen molar-refractivity contribution < 1.29 is 14.6 Å². The number of nitrogens with one attached hydrogen (secondary N) is 2. The van der Waals surface area contributed by atoms with Crippen LogP contribution in [0.25, 0.3) is 0 Å². The van der Waals surface area contributed by atoms with Gasteiger partial charge in [-0.2, -0.15) is 0 Å². The quantitative estimate of drug-likeness (QED) is 0.672. The summed E-state index contributed by atoms with van der Waals surface area (Å²) < 4.78 is 6.04. The second kappa shape index (κ2) is 8.90. The zero-order valence-electron chi connectivity index (χ0n) is 10.9. The third-order valence-electron chi connectivity index (χ3n) is 2.42. The Labute approximate surface area is 121 Å². The van der Waals surface area contributed by atoms with Gasteiger partial charge < -0.3 is 20.5 Å². The van der Waals surface area contributed by atoms with Gasteiger partial charge in [-0.3, -0.25) is 0 Å². The van der Waals surface area contributed by atoms with Crippen LogP contribution in [-0.4, -0.2) is 37.5 Å². The lowest BCUT2D eigenvalue weighted by Crippen LogP contribution is -2.30. The summed E-state index contributed by atoms with van der Waals surface area (Å²) in [5.74, 6) is 0. The molecule has 1 aromatic rings. The van der Waals surface area contributed by atoms with E-state index in [1.807, 2.05) is 25.1 Å². The van der Waals surface area contributed by atoms with Crippen LogP contribution < -0.4 is 10.6 Å². The Morgan fingerprint density at radius 3 is 2.89 bits per heavy atom. The van der Waals surface area contributed by atoms with Crippen LogP contribution in [0.3, 0.4) is 0 Å². The number of amides is 2. The summed E-state index contributed by atoms with van der Waals surface area (Å²) in [4.78, 5) is 11.6. The number of hydrogen-bond acceptors (Lipinski definition) is 3. The standard InChI is InChI=1S/C13H19BrN2O3/c1-10-3-4-11(9-12(10)14)16-13(18)15-5-2-7-19-8-6-17/h3-4,9,17H,2,5-8H2,1H3,(H2,15,16,18). The number of halogens is 1. The van der Waals surface area contributed by atoms with E-state index in [1.165, 1.54) is 0 Å². The first kappa shape index (κ1) is 15.9. The molecular weight excluding hydrogens is 312 g/mol. The van der Waals surface area contributed by atoms with Crippen molar-refractivity contribution in [3.8, 4) is 0 Å². The summed E-state index contributed by atoms with van der Waals surface area (Å²) in [5, 5.41) is 14.0. The number of carbonyl (C=O) groups excluding carboxylic acids is 1. The molecule has 0 radical (unpaired) electrons. The van der Waals surface area contributed by atoms with Gasteiger partial charge in [-0.05, 0) is 31.0 Å². The largest absolute Gasteiger partial charge is 0.394 e. The minimum absolute atomic E-state index is 0.0240. The number of aliphatic hydroxyl groups excluding tert-OH is 1. The molecule has 0 fully saturated rings. The van der Waals surface area contributed by atoms with E-state index in [1.54, 1.807) is 0 Å². The number of benzene rings is 1. The fourth-order valence-corrected chi connectivity index (χ4v) is 1.77. The third-order valence-corrected chi connectivity index (χ3v) is 3.27. The van der Waals surface area contributed by atoms with Crippen LogP contribution in [0.5, 0.6) is 0 Å². The molecule has 2 amide bonds. The summed E-state index contributed by atoms with van der Waals surface area (Å²) in [6.45, 7) is 3.40. The van der Waals surface area contributed by atoms with Crippen LogP contribution in [0.4, 0.5) is 10.5 Å². The van der Waals surface area contributed by atoms with E-state index < -0.39 is 0 Å². The van der Waals surface area contributed by atoms with Gasteiger partial charge in [0.25, 0.3) is 0 Å². The smallest absolute Gasteiger partial charge is 0.319 e. The van der Waals surface area contributed by atoms with Crippen LogP contribution in [0, 0.1) is 6.92 Å². The fraction of sp³-hybridized carbons (Fsp3) is 0.462. The van der Waals surface area contributed by atoms with Gasteiger partial charge in [-0.15, -0.1) is 0 Å². The van der Waals surface area contributed by atoms with Crippen molar-refractivity contribution in [2.45, 2.75) is 13.3 Å². The number of urea groups is 1. The third kappa shape index (κ3) is 6.56. The summed E-state index contributed by atoms with van der Waals surface area (Å²) in [6.07, 6.45) is 0.713. The lowest BCUT2D eigenvalue weighted by molar-refractivity contribution is 0.0910. The SMILES string of the molecule is Cc1ccc(NC(=O)NCCCOCCO)cc1Br. The molecule has 0 unspecified atom stereocenters. The van der Waals surface area contributed by atoms with Crippen LogP contribution >= 0.6 is 15.9 Å². The average molecular weight is 331 g/mol. The molecule has 0 heterocycles. The van der Waals surface area contributed by atoms with Gasteiger partial charge in [0.15, 0.2) is 0 Å². The molecule has 5 nitrogen and oxygen atoms in total. The number of hydrogen-bond donors (Lipinski definition) is 3. The van der Waals surface area contributed by atoms with Gasteiger partial charge in [0, 0.05) is 23.3 Å². The maximum absolute atomic E-state index is 11.6. The van der Waals surface area contributed by atoms with E-state index in [9.17, 15) is 4.79 Å². The Balaban J connectivity index is 2.21. The molecule has 0 aliphatic carbocycles. The fourth-order valence-electron chi connectivity index (χ4n) is 1.39. The maximum Gasteiger partial charge on any atom is 0.319 e. The molecule has 0 aromatic heterocycles. The molecule has 6 heteroatoms. The van der Waals surface area contributed by atoms with Crippen molar-refractivity contribution in [2.24, 2.45) is 0 Å². The highest BCUT2D eigenvalue weighted by atomic mass is 79.9. The van der Waals surface area contributed by atoms with Crippen molar-refractivity contribution in [3.63, 3.8) is 0 Å². The second-order valence-corrected chi connectivity index (χ2v) is 4.89. The number of rotatable bonds is 7.